The Kier molecular flexibility index (Phi) is 4.76. The van der Waals surface area contributed by atoms with Crippen molar-refractivity contribution in [2.24, 2.45) is 0 Å². The molecule has 0 amide bonds. The van der Waals surface area contributed by atoms with Gasteiger partial charge in [0.25, 0.3) is 10.1 Å². The first-order valence-corrected chi connectivity index (χ1v) is 6.62. The molecule has 1 aromatic rings. The van der Waals surface area contributed by atoms with Gasteiger partial charge in [0.2, 0.25) is 0 Å². The Hall–Kier alpha value is -1.07. The van der Waals surface area contributed by atoms with Crippen LogP contribution < -0.4 is 0 Å². The third-order valence-corrected chi connectivity index (χ3v) is 3.15. The van der Waals surface area contributed by atoms with Crippen molar-refractivity contribution in [1.29, 1.82) is 0 Å². The van der Waals surface area contributed by atoms with E-state index in [0.717, 1.165) is 18.2 Å². The highest BCUT2D eigenvalue weighted by Gasteiger charge is 2.19. The fourth-order valence-corrected chi connectivity index (χ4v) is 1.94. The van der Waals surface area contributed by atoms with E-state index in [0.29, 0.717) is 0 Å². The number of benzene rings is 1. The molecule has 0 aromatic heterocycles. The van der Waals surface area contributed by atoms with Gasteiger partial charge in [-0.3, -0.25) is 4.55 Å². The minimum Gasteiger partial charge on any atom is -0.448 e. The highest BCUT2D eigenvalue weighted by molar-refractivity contribution is 7.85. The molecule has 98 valence electrons. The summed E-state index contributed by atoms with van der Waals surface area (Å²) in [5.41, 5.74) is -0.434. The predicted molar refractivity (Wildman–Crippen MR) is 66.5 cm³/mol. The Morgan fingerprint density at radius 1 is 1.00 bits per heavy atom. The van der Waals surface area contributed by atoms with Crippen LogP contribution >= 0.6 is 18.9 Å². The Morgan fingerprint density at radius 3 is 1.67 bits per heavy atom. The molecule has 0 aliphatic rings. The van der Waals surface area contributed by atoms with Crippen molar-refractivity contribution in [2.75, 3.05) is 0 Å². The van der Waals surface area contributed by atoms with Gasteiger partial charge in [-0.05, 0) is 18.2 Å². The molecule has 18 heavy (non-hydrogen) atoms. The fraction of sp³-hybridized carbons (Fsp3) is 0. The zero-order chi connectivity index (χ0) is 13.9. The topological polar surface area (TPSA) is 107 Å². The zero-order valence-electron chi connectivity index (χ0n) is 8.69. The van der Waals surface area contributed by atoms with Crippen molar-refractivity contribution in [3.8, 4) is 0 Å². The third-order valence-electron chi connectivity index (χ3n) is 1.89. The van der Waals surface area contributed by atoms with E-state index < -0.39 is 27.0 Å². The molecule has 0 radical (unpaired) electrons. The van der Waals surface area contributed by atoms with E-state index in [1.807, 2.05) is 0 Å². The summed E-state index contributed by atoms with van der Waals surface area (Å²) >= 11 is 0. The van der Waals surface area contributed by atoms with Crippen LogP contribution in [-0.4, -0.2) is 24.9 Å². The summed E-state index contributed by atoms with van der Waals surface area (Å²) < 4.78 is 39.5. The molecule has 7 nitrogen and oxygen atoms in total. The molecule has 0 fully saturated rings. The first-order valence-electron chi connectivity index (χ1n) is 4.24. The first kappa shape index (κ1) is 15.0. The quantitative estimate of drug-likeness (QED) is 0.650. The van der Waals surface area contributed by atoms with Crippen LogP contribution in [-0.2, 0) is 19.2 Å². The van der Waals surface area contributed by atoms with Crippen LogP contribution in [0.5, 0.6) is 0 Å². The zero-order valence-corrected chi connectivity index (χ0v) is 11.8. The largest absolute Gasteiger partial charge is 0.448 e. The lowest BCUT2D eigenvalue weighted by atomic mass is 10.1. The SMILES string of the molecule is O=C(OP)c1cc(C(=O)OP)cc(S(=O)(=O)O)c1. The maximum absolute atomic E-state index is 11.3. The maximum Gasteiger partial charge on any atom is 0.340 e. The molecule has 0 bridgehead atoms. The highest BCUT2D eigenvalue weighted by atomic mass is 32.2. The molecule has 0 saturated carbocycles. The van der Waals surface area contributed by atoms with Gasteiger partial charge in [-0.15, -0.1) is 0 Å². The molecule has 0 heterocycles. The van der Waals surface area contributed by atoms with Crippen molar-refractivity contribution in [1.82, 2.24) is 0 Å². The molecule has 2 unspecified atom stereocenters. The second-order valence-electron chi connectivity index (χ2n) is 3.03. The average molecular weight is 310 g/mol. The van der Waals surface area contributed by atoms with Gasteiger partial charge in [-0.2, -0.15) is 8.42 Å². The third kappa shape index (κ3) is 3.46. The normalized spacial score (nSPS) is 10.8. The number of carbonyl (C=O) groups excluding carboxylic acids is 2. The Morgan fingerprint density at radius 2 is 1.39 bits per heavy atom. The van der Waals surface area contributed by atoms with Crippen molar-refractivity contribution in [3.05, 3.63) is 29.3 Å². The second-order valence-corrected chi connectivity index (χ2v) is 4.92. The molecule has 0 aliphatic carbocycles. The van der Waals surface area contributed by atoms with Crippen LogP contribution in [0.2, 0.25) is 0 Å². The van der Waals surface area contributed by atoms with Gasteiger partial charge in [0.05, 0.1) is 35.0 Å². The van der Waals surface area contributed by atoms with Crippen molar-refractivity contribution < 1.29 is 31.6 Å². The van der Waals surface area contributed by atoms with E-state index in [2.05, 4.69) is 9.05 Å². The minimum atomic E-state index is -4.56. The van der Waals surface area contributed by atoms with Crippen LogP contribution in [0.3, 0.4) is 0 Å². The van der Waals surface area contributed by atoms with Gasteiger partial charge in [-0.1, -0.05) is 0 Å². The summed E-state index contributed by atoms with van der Waals surface area (Å²) in [4.78, 5) is 21.9. The van der Waals surface area contributed by atoms with Gasteiger partial charge in [-0.25, -0.2) is 9.59 Å². The summed E-state index contributed by atoms with van der Waals surface area (Å²) in [7, 11) is -1.19. The van der Waals surface area contributed by atoms with Crippen LogP contribution in [0.1, 0.15) is 20.7 Å². The standard InChI is InChI=1S/C8H8O7P2S/c9-7(14-16)4-1-5(8(10)15-17)3-6(2-4)18(11,12)13/h1-3H,16-17H2,(H,11,12,13). The molecule has 10 heteroatoms. The van der Waals surface area contributed by atoms with Gasteiger partial charge >= 0.3 is 11.9 Å². The van der Waals surface area contributed by atoms with E-state index in [-0.39, 0.29) is 11.1 Å². The van der Waals surface area contributed by atoms with Crippen LogP contribution in [0.25, 0.3) is 0 Å². The number of carbonyl (C=O) groups is 2. The summed E-state index contributed by atoms with van der Waals surface area (Å²) in [5.74, 6) is -1.77. The van der Waals surface area contributed by atoms with Crippen LogP contribution in [0.15, 0.2) is 23.1 Å². The predicted octanol–water partition coefficient (Wildman–Crippen LogP) is 0.827. The number of hydrogen-bond donors (Lipinski definition) is 1. The van der Waals surface area contributed by atoms with Crippen molar-refractivity contribution in [2.45, 2.75) is 4.90 Å². The van der Waals surface area contributed by atoms with Gasteiger partial charge in [0, 0.05) is 0 Å². The van der Waals surface area contributed by atoms with Gasteiger partial charge in [0.15, 0.2) is 0 Å². The van der Waals surface area contributed by atoms with Crippen LogP contribution in [0.4, 0.5) is 0 Å². The minimum absolute atomic E-state index is 0.217. The Labute approximate surface area is 107 Å². The molecular weight excluding hydrogens is 302 g/mol. The summed E-state index contributed by atoms with van der Waals surface area (Å²) in [6.45, 7) is 0. The van der Waals surface area contributed by atoms with Crippen molar-refractivity contribution in [3.63, 3.8) is 0 Å². The Bertz CT molecular complexity index is 561. The smallest absolute Gasteiger partial charge is 0.340 e. The molecule has 0 saturated heterocycles. The maximum atomic E-state index is 11.3. The van der Waals surface area contributed by atoms with Gasteiger partial charge < -0.3 is 9.05 Å². The highest BCUT2D eigenvalue weighted by Crippen LogP contribution is 2.18. The van der Waals surface area contributed by atoms with E-state index >= 15 is 0 Å². The van der Waals surface area contributed by atoms with E-state index in [4.69, 9.17) is 4.55 Å². The lowest BCUT2D eigenvalue weighted by Gasteiger charge is -2.05. The summed E-state index contributed by atoms with van der Waals surface area (Å²) in [6, 6.07) is 2.83. The molecular formula is C8H8O7P2S. The van der Waals surface area contributed by atoms with Crippen molar-refractivity contribution >= 4 is 41.0 Å². The average Bonchev–Trinajstić information content (AvgIpc) is 2.35. The molecule has 0 spiro atoms. The monoisotopic (exact) mass is 310 g/mol. The second kappa shape index (κ2) is 5.71. The number of rotatable bonds is 3. The van der Waals surface area contributed by atoms with E-state index in [1.54, 1.807) is 18.9 Å². The van der Waals surface area contributed by atoms with E-state index in [1.165, 1.54) is 0 Å². The Balaban J connectivity index is 3.48. The van der Waals surface area contributed by atoms with Crippen LogP contribution in [0, 0.1) is 0 Å². The fourth-order valence-electron chi connectivity index (χ4n) is 1.12. The molecule has 1 rings (SSSR count). The van der Waals surface area contributed by atoms with Gasteiger partial charge in [0.1, 0.15) is 0 Å². The summed E-state index contributed by atoms with van der Waals surface area (Å²) in [5, 5.41) is 0. The molecule has 1 N–H and O–H groups in total. The lowest BCUT2D eigenvalue weighted by molar-refractivity contribution is 0.0765. The number of hydrogen-bond acceptors (Lipinski definition) is 6. The lowest BCUT2D eigenvalue weighted by Crippen LogP contribution is -2.08. The first-order chi connectivity index (χ1) is 8.29. The molecule has 0 aliphatic heterocycles. The molecule has 1 aromatic carbocycles. The van der Waals surface area contributed by atoms with E-state index in [9.17, 15) is 18.0 Å². The summed E-state index contributed by atoms with van der Waals surface area (Å²) in [6.07, 6.45) is 0. The molecule has 2 atom stereocenters.